The van der Waals surface area contributed by atoms with E-state index in [-0.39, 0.29) is 29.3 Å². The maximum absolute atomic E-state index is 12.5. The quantitative estimate of drug-likeness (QED) is 0.233. The van der Waals surface area contributed by atoms with Crippen molar-refractivity contribution < 1.29 is 19.2 Å². The van der Waals surface area contributed by atoms with Gasteiger partial charge in [0.15, 0.2) is 5.82 Å². The second kappa shape index (κ2) is 7.67. The smallest absolute Gasteiger partial charge is 0.355 e. The normalized spacial score (nSPS) is 18.7. The van der Waals surface area contributed by atoms with Gasteiger partial charge in [-0.05, 0) is 37.6 Å². The molecule has 0 saturated carbocycles. The molecule has 30 heavy (non-hydrogen) atoms. The molecule has 0 unspecified atom stereocenters. The number of hydrogen-bond acceptors (Lipinski definition) is 9. The van der Waals surface area contributed by atoms with Crippen LogP contribution in [0.2, 0.25) is 0 Å². The molecule has 0 aliphatic carbocycles. The number of nitro groups is 1. The van der Waals surface area contributed by atoms with Crippen molar-refractivity contribution in [3.05, 3.63) is 73.8 Å². The molecule has 1 atom stereocenters. The molecule has 1 aromatic heterocycles. The van der Waals surface area contributed by atoms with Crippen molar-refractivity contribution in [1.82, 2.24) is 20.1 Å². The number of carbonyl (C=O) groups excluding carboxylic acids is 2. The number of esters is 1. The molecular weight excluding hydrogens is 410 g/mol. The van der Waals surface area contributed by atoms with Gasteiger partial charge in [-0.25, -0.2) is 9.78 Å². The number of thioether (sulfide) groups is 1. The summed E-state index contributed by atoms with van der Waals surface area (Å²) in [6.45, 7) is 3.55. The number of nitro benzene ring substituents is 1. The van der Waals surface area contributed by atoms with Crippen molar-refractivity contribution in [3.63, 3.8) is 0 Å². The summed E-state index contributed by atoms with van der Waals surface area (Å²) >= 11 is 1.32. The van der Waals surface area contributed by atoms with Gasteiger partial charge in [-0.3, -0.25) is 19.8 Å². The molecule has 2 aliphatic rings. The van der Waals surface area contributed by atoms with E-state index < -0.39 is 10.9 Å². The van der Waals surface area contributed by atoms with Gasteiger partial charge < -0.3 is 4.74 Å². The summed E-state index contributed by atoms with van der Waals surface area (Å²) in [4.78, 5) is 40.8. The minimum Gasteiger partial charge on any atom is -0.456 e. The number of aromatic nitrogens is 3. The topological polar surface area (TPSA) is 128 Å². The van der Waals surface area contributed by atoms with Crippen LogP contribution in [0.4, 0.5) is 5.69 Å². The maximum Gasteiger partial charge on any atom is 0.355 e. The third-order valence-corrected chi connectivity index (χ3v) is 5.74. The highest BCUT2D eigenvalue weighted by molar-refractivity contribution is 8.03. The number of nitrogens with zero attached hydrogens (tertiary/aromatic N) is 5. The SMILES string of the molecule is Cc1nnc(C=C2C(=O)N3C(C(=O)OCc4ccc([N+](=O)[O-])cc4)=CS[C@H]23)nc1C. The molecule has 1 amide bonds. The van der Waals surface area contributed by atoms with Gasteiger partial charge in [0.25, 0.3) is 11.6 Å². The van der Waals surface area contributed by atoms with Crippen LogP contribution in [0.3, 0.4) is 0 Å². The number of benzene rings is 1. The Morgan fingerprint density at radius 1 is 1.27 bits per heavy atom. The Morgan fingerprint density at radius 2 is 2.00 bits per heavy atom. The van der Waals surface area contributed by atoms with Crippen LogP contribution in [-0.4, -0.2) is 42.3 Å². The molecule has 11 heteroatoms. The molecule has 0 radical (unpaired) electrons. The third-order valence-electron chi connectivity index (χ3n) is 4.65. The fraction of sp³-hybridized carbons (Fsp3) is 0.211. The number of aryl methyl sites for hydroxylation is 2. The van der Waals surface area contributed by atoms with Gasteiger partial charge in [0.2, 0.25) is 0 Å². The van der Waals surface area contributed by atoms with Crippen molar-refractivity contribution in [1.29, 1.82) is 0 Å². The number of non-ortho nitro benzene ring substituents is 1. The molecule has 10 nitrogen and oxygen atoms in total. The van der Waals surface area contributed by atoms with Crippen LogP contribution in [0.1, 0.15) is 22.8 Å². The Labute approximate surface area is 174 Å². The summed E-state index contributed by atoms with van der Waals surface area (Å²) in [5.41, 5.74) is 2.65. The molecule has 2 aromatic rings. The average molecular weight is 425 g/mol. The maximum atomic E-state index is 12.5. The molecular formula is C19H15N5O5S. The van der Waals surface area contributed by atoms with Crippen LogP contribution in [-0.2, 0) is 20.9 Å². The summed E-state index contributed by atoms with van der Waals surface area (Å²) in [6.07, 6.45) is 1.58. The Kier molecular flexibility index (Phi) is 5.04. The molecule has 4 rings (SSSR count). The van der Waals surface area contributed by atoms with Gasteiger partial charge in [-0.15, -0.1) is 16.9 Å². The van der Waals surface area contributed by atoms with E-state index in [0.717, 1.165) is 5.69 Å². The number of rotatable bonds is 5. The van der Waals surface area contributed by atoms with Crippen molar-refractivity contribution in [3.8, 4) is 0 Å². The largest absolute Gasteiger partial charge is 0.456 e. The summed E-state index contributed by atoms with van der Waals surface area (Å²) in [7, 11) is 0. The molecule has 1 saturated heterocycles. The van der Waals surface area contributed by atoms with E-state index in [1.54, 1.807) is 18.4 Å². The zero-order chi connectivity index (χ0) is 21.4. The summed E-state index contributed by atoms with van der Waals surface area (Å²) < 4.78 is 5.26. The highest BCUT2D eigenvalue weighted by Crippen LogP contribution is 2.45. The summed E-state index contributed by atoms with van der Waals surface area (Å²) in [6, 6.07) is 5.70. The minimum atomic E-state index is -0.639. The van der Waals surface area contributed by atoms with Gasteiger partial charge in [0.05, 0.1) is 21.9 Å². The zero-order valence-electron chi connectivity index (χ0n) is 15.9. The predicted molar refractivity (Wildman–Crippen MR) is 106 cm³/mol. The lowest BCUT2D eigenvalue weighted by atomic mass is 10.0. The Bertz CT molecular complexity index is 1130. The molecule has 1 fully saturated rings. The number of amides is 1. The molecule has 3 heterocycles. The van der Waals surface area contributed by atoms with E-state index in [4.69, 9.17) is 4.74 Å². The van der Waals surface area contributed by atoms with E-state index in [0.29, 0.717) is 22.7 Å². The van der Waals surface area contributed by atoms with E-state index in [1.807, 2.05) is 6.92 Å². The predicted octanol–water partition coefficient (Wildman–Crippen LogP) is 2.28. The van der Waals surface area contributed by atoms with Crippen LogP contribution in [0.25, 0.3) is 6.08 Å². The monoisotopic (exact) mass is 425 g/mol. The molecule has 0 bridgehead atoms. The Balaban J connectivity index is 1.40. The van der Waals surface area contributed by atoms with Crippen LogP contribution in [0.5, 0.6) is 0 Å². The van der Waals surface area contributed by atoms with Crippen LogP contribution < -0.4 is 0 Å². The lowest BCUT2D eigenvalue weighted by molar-refractivity contribution is -0.384. The molecule has 0 spiro atoms. The van der Waals surface area contributed by atoms with Gasteiger partial charge in [-0.2, -0.15) is 5.10 Å². The fourth-order valence-corrected chi connectivity index (χ4v) is 3.98. The number of β-lactam (4-membered cyclic amide) rings is 1. The second-order valence-corrected chi connectivity index (χ2v) is 7.56. The van der Waals surface area contributed by atoms with E-state index >= 15 is 0 Å². The Hall–Kier alpha value is -3.60. The van der Waals surface area contributed by atoms with Crippen LogP contribution in [0.15, 0.2) is 40.9 Å². The standard InChI is InChI=1S/C19H15N5O5S/c1-10-11(2)21-22-16(20-10)7-14-17(25)23-15(9-30-18(14)23)19(26)29-8-12-3-5-13(6-4-12)24(27)28/h3-7,9,18H,8H2,1-2H3/t18-/m1/s1. The molecule has 0 N–H and O–H groups in total. The first-order valence-electron chi connectivity index (χ1n) is 8.84. The first-order valence-corrected chi connectivity index (χ1v) is 9.78. The van der Waals surface area contributed by atoms with E-state index in [9.17, 15) is 19.7 Å². The summed E-state index contributed by atoms with van der Waals surface area (Å²) in [5, 5.41) is 19.9. The molecule has 1 aromatic carbocycles. The van der Waals surface area contributed by atoms with Crippen molar-refractivity contribution >= 4 is 35.4 Å². The Morgan fingerprint density at radius 3 is 2.67 bits per heavy atom. The van der Waals surface area contributed by atoms with Crippen molar-refractivity contribution in [2.24, 2.45) is 0 Å². The number of carbonyl (C=O) groups is 2. The van der Waals surface area contributed by atoms with Gasteiger partial charge in [0.1, 0.15) is 17.7 Å². The third kappa shape index (κ3) is 3.54. The lowest BCUT2D eigenvalue weighted by Gasteiger charge is -2.37. The number of fused-ring (bicyclic) bond motifs is 1. The number of hydrogen-bond donors (Lipinski definition) is 0. The second-order valence-electron chi connectivity index (χ2n) is 6.61. The lowest BCUT2D eigenvalue weighted by Crippen LogP contribution is -2.51. The van der Waals surface area contributed by atoms with Crippen LogP contribution >= 0.6 is 11.8 Å². The minimum absolute atomic E-state index is 0.0451. The fourth-order valence-electron chi connectivity index (χ4n) is 2.87. The molecule has 152 valence electrons. The van der Waals surface area contributed by atoms with Gasteiger partial charge in [-0.1, -0.05) is 0 Å². The first-order chi connectivity index (χ1) is 14.3. The van der Waals surface area contributed by atoms with Crippen molar-refractivity contribution in [2.45, 2.75) is 25.8 Å². The highest BCUT2D eigenvalue weighted by atomic mass is 32.2. The zero-order valence-corrected chi connectivity index (χ0v) is 16.8. The summed E-state index contributed by atoms with van der Waals surface area (Å²) in [5.74, 6) is -0.610. The van der Waals surface area contributed by atoms with Gasteiger partial charge in [0, 0.05) is 17.5 Å². The van der Waals surface area contributed by atoms with Gasteiger partial charge >= 0.3 is 5.97 Å². The van der Waals surface area contributed by atoms with E-state index in [2.05, 4.69) is 15.2 Å². The van der Waals surface area contributed by atoms with E-state index in [1.165, 1.54) is 40.9 Å². The van der Waals surface area contributed by atoms with Crippen LogP contribution in [0, 0.1) is 24.0 Å². The van der Waals surface area contributed by atoms with Crippen molar-refractivity contribution in [2.75, 3.05) is 0 Å². The average Bonchev–Trinajstić information content (AvgIpc) is 3.13. The first kappa shape index (κ1) is 19.7. The highest BCUT2D eigenvalue weighted by Gasteiger charge is 2.50. The molecule has 2 aliphatic heterocycles. The number of ether oxygens (including phenoxy) is 1.